The molecule has 0 radical (unpaired) electrons. The Morgan fingerprint density at radius 1 is 0.913 bits per heavy atom. The zero-order chi connectivity index (χ0) is 16.4. The number of piperazine rings is 1. The Bertz CT molecular complexity index is 715. The molecule has 0 atom stereocenters. The molecule has 120 valence electrons. The summed E-state index contributed by atoms with van der Waals surface area (Å²) in [5, 5.41) is 0. The first kappa shape index (κ1) is 15.6. The van der Waals surface area contributed by atoms with E-state index in [1.165, 1.54) is 16.8 Å². The Morgan fingerprint density at radius 2 is 1.61 bits per heavy atom. The monoisotopic (exact) mass is 308 g/mol. The van der Waals surface area contributed by atoms with Gasteiger partial charge in [-0.25, -0.2) is 0 Å². The molecule has 1 amide bonds. The van der Waals surface area contributed by atoms with Gasteiger partial charge in [0.15, 0.2) is 0 Å². The Morgan fingerprint density at radius 3 is 2.30 bits per heavy atom. The van der Waals surface area contributed by atoms with Crippen molar-refractivity contribution in [3.05, 3.63) is 64.7 Å². The number of rotatable bonds is 2. The van der Waals surface area contributed by atoms with E-state index in [1.807, 2.05) is 36.1 Å². The van der Waals surface area contributed by atoms with E-state index >= 15 is 0 Å². The van der Waals surface area contributed by atoms with Crippen LogP contribution >= 0.6 is 0 Å². The fraction of sp³-hybridized carbons (Fsp3) is 0.350. The minimum absolute atomic E-state index is 0.148. The number of hydrogen-bond donors (Lipinski definition) is 0. The number of amides is 1. The van der Waals surface area contributed by atoms with E-state index in [9.17, 15) is 4.79 Å². The molecule has 23 heavy (non-hydrogen) atoms. The predicted octanol–water partition coefficient (Wildman–Crippen LogP) is 3.57. The topological polar surface area (TPSA) is 23.6 Å². The molecule has 0 aromatic heterocycles. The fourth-order valence-electron chi connectivity index (χ4n) is 3.19. The maximum Gasteiger partial charge on any atom is 0.253 e. The van der Waals surface area contributed by atoms with Gasteiger partial charge in [0, 0.05) is 37.4 Å². The average molecular weight is 308 g/mol. The van der Waals surface area contributed by atoms with Gasteiger partial charge in [0.05, 0.1) is 0 Å². The minimum atomic E-state index is 0.148. The summed E-state index contributed by atoms with van der Waals surface area (Å²) in [6.45, 7) is 9.69. The molecular formula is C20H24N2O. The Labute approximate surface area is 138 Å². The SMILES string of the molecule is Cc1cccc(C(=O)N2CCN(c3cccc(C)c3C)CC2)c1. The molecule has 1 heterocycles. The first-order valence-electron chi connectivity index (χ1n) is 8.23. The summed E-state index contributed by atoms with van der Waals surface area (Å²) in [6, 6.07) is 14.3. The van der Waals surface area contributed by atoms with E-state index in [2.05, 4.69) is 36.9 Å². The Balaban J connectivity index is 1.69. The second-order valence-corrected chi connectivity index (χ2v) is 6.37. The molecule has 3 rings (SSSR count). The molecule has 0 saturated carbocycles. The number of benzene rings is 2. The van der Waals surface area contributed by atoms with Crippen LogP contribution in [0.3, 0.4) is 0 Å². The lowest BCUT2D eigenvalue weighted by atomic mass is 10.1. The molecule has 0 spiro atoms. The van der Waals surface area contributed by atoms with Gasteiger partial charge in [-0.3, -0.25) is 4.79 Å². The van der Waals surface area contributed by atoms with E-state index < -0.39 is 0 Å². The molecule has 0 bridgehead atoms. The van der Waals surface area contributed by atoms with Gasteiger partial charge in [-0.05, 0) is 50.1 Å². The van der Waals surface area contributed by atoms with E-state index in [-0.39, 0.29) is 5.91 Å². The maximum atomic E-state index is 12.6. The van der Waals surface area contributed by atoms with Crippen LogP contribution in [0.25, 0.3) is 0 Å². The van der Waals surface area contributed by atoms with Gasteiger partial charge in [-0.1, -0.05) is 29.8 Å². The fourth-order valence-corrected chi connectivity index (χ4v) is 3.19. The predicted molar refractivity (Wildman–Crippen MR) is 95.2 cm³/mol. The summed E-state index contributed by atoms with van der Waals surface area (Å²) in [4.78, 5) is 17.0. The van der Waals surface area contributed by atoms with Gasteiger partial charge in [-0.15, -0.1) is 0 Å². The minimum Gasteiger partial charge on any atom is -0.368 e. The molecule has 3 nitrogen and oxygen atoms in total. The molecule has 2 aromatic carbocycles. The van der Waals surface area contributed by atoms with E-state index in [0.717, 1.165) is 37.3 Å². The van der Waals surface area contributed by atoms with Crippen LogP contribution in [0.2, 0.25) is 0 Å². The van der Waals surface area contributed by atoms with Crippen molar-refractivity contribution in [3.63, 3.8) is 0 Å². The van der Waals surface area contributed by atoms with E-state index in [1.54, 1.807) is 0 Å². The van der Waals surface area contributed by atoms with E-state index in [0.29, 0.717) is 0 Å². The number of carbonyl (C=O) groups is 1. The lowest BCUT2D eigenvalue weighted by Gasteiger charge is -2.37. The Hall–Kier alpha value is -2.29. The van der Waals surface area contributed by atoms with Crippen LogP contribution in [0.15, 0.2) is 42.5 Å². The van der Waals surface area contributed by atoms with Gasteiger partial charge in [0.2, 0.25) is 0 Å². The van der Waals surface area contributed by atoms with E-state index in [4.69, 9.17) is 0 Å². The number of anilines is 1. The van der Waals surface area contributed by atoms with Crippen LogP contribution in [0.5, 0.6) is 0 Å². The largest absolute Gasteiger partial charge is 0.368 e. The van der Waals surface area contributed by atoms with Crippen LogP contribution in [0.4, 0.5) is 5.69 Å². The standard InChI is InChI=1S/C20H24N2O/c1-15-6-4-8-18(14-15)20(23)22-12-10-21(11-13-22)19-9-5-7-16(2)17(19)3/h4-9,14H,10-13H2,1-3H3. The summed E-state index contributed by atoms with van der Waals surface area (Å²) >= 11 is 0. The first-order chi connectivity index (χ1) is 11.1. The smallest absolute Gasteiger partial charge is 0.253 e. The highest BCUT2D eigenvalue weighted by Crippen LogP contribution is 2.24. The van der Waals surface area contributed by atoms with Crippen LogP contribution in [-0.2, 0) is 0 Å². The highest BCUT2D eigenvalue weighted by molar-refractivity contribution is 5.94. The molecule has 1 aliphatic heterocycles. The Kier molecular flexibility index (Phi) is 4.37. The van der Waals surface area contributed by atoms with Gasteiger partial charge in [-0.2, -0.15) is 0 Å². The summed E-state index contributed by atoms with van der Waals surface area (Å²) in [7, 11) is 0. The summed E-state index contributed by atoms with van der Waals surface area (Å²) in [5.41, 5.74) is 5.88. The molecular weight excluding hydrogens is 284 g/mol. The zero-order valence-electron chi connectivity index (χ0n) is 14.2. The number of hydrogen-bond acceptors (Lipinski definition) is 2. The normalized spacial score (nSPS) is 14.9. The van der Waals surface area contributed by atoms with Crippen molar-refractivity contribution in [1.82, 2.24) is 4.90 Å². The van der Waals surface area contributed by atoms with Crippen LogP contribution in [0, 0.1) is 20.8 Å². The molecule has 0 unspecified atom stereocenters. The molecule has 1 saturated heterocycles. The lowest BCUT2D eigenvalue weighted by Crippen LogP contribution is -2.49. The van der Waals surface area contributed by atoms with Crippen molar-refractivity contribution in [2.45, 2.75) is 20.8 Å². The molecule has 2 aromatic rings. The van der Waals surface area contributed by atoms with Crippen molar-refractivity contribution in [1.29, 1.82) is 0 Å². The third-order valence-corrected chi connectivity index (χ3v) is 4.75. The highest BCUT2D eigenvalue weighted by atomic mass is 16.2. The molecule has 3 heteroatoms. The molecule has 0 aliphatic carbocycles. The summed E-state index contributed by atoms with van der Waals surface area (Å²) in [6.07, 6.45) is 0. The van der Waals surface area contributed by atoms with Gasteiger partial charge >= 0.3 is 0 Å². The zero-order valence-corrected chi connectivity index (χ0v) is 14.2. The van der Waals surface area contributed by atoms with Crippen molar-refractivity contribution >= 4 is 11.6 Å². The quantitative estimate of drug-likeness (QED) is 0.846. The van der Waals surface area contributed by atoms with Crippen molar-refractivity contribution in [2.75, 3.05) is 31.1 Å². The first-order valence-corrected chi connectivity index (χ1v) is 8.23. The summed E-state index contributed by atoms with van der Waals surface area (Å²) < 4.78 is 0. The van der Waals surface area contributed by atoms with Gasteiger partial charge < -0.3 is 9.80 Å². The molecule has 1 aliphatic rings. The van der Waals surface area contributed by atoms with Crippen molar-refractivity contribution < 1.29 is 4.79 Å². The number of nitrogens with zero attached hydrogens (tertiary/aromatic N) is 2. The van der Waals surface area contributed by atoms with Crippen LogP contribution in [-0.4, -0.2) is 37.0 Å². The number of aryl methyl sites for hydroxylation is 2. The second kappa shape index (κ2) is 6.45. The van der Waals surface area contributed by atoms with Crippen molar-refractivity contribution in [2.24, 2.45) is 0 Å². The molecule has 0 N–H and O–H groups in total. The number of carbonyl (C=O) groups excluding carboxylic acids is 1. The van der Waals surface area contributed by atoms with Crippen LogP contribution in [0.1, 0.15) is 27.0 Å². The average Bonchev–Trinajstić information content (AvgIpc) is 2.57. The van der Waals surface area contributed by atoms with Gasteiger partial charge in [0.1, 0.15) is 0 Å². The second-order valence-electron chi connectivity index (χ2n) is 6.37. The molecule has 1 fully saturated rings. The lowest BCUT2D eigenvalue weighted by molar-refractivity contribution is 0.0746. The third kappa shape index (κ3) is 3.24. The maximum absolute atomic E-state index is 12.6. The van der Waals surface area contributed by atoms with Crippen molar-refractivity contribution in [3.8, 4) is 0 Å². The van der Waals surface area contributed by atoms with Crippen LogP contribution < -0.4 is 4.90 Å². The highest BCUT2D eigenvalue weighted by Gasteiger charge is 2.23. The third-order valence-electron chi connectivity index (χ3n) is 4.75. The summed E-state index contributed by atoms with van der Waals surface area (Å²) in [5.74, 6) is 0.148. The van der Waals surface area contributed by atoms with Gasteiger partial charge in [0.25, 0.3) is 5.91 Å².